The van der Waals surface area contributed by atoms with E-state index < -0.39 is 6.04 Å². The number of piperazine rings is 1. The fourth-order valence-corrected chi connectivity index (χ4v) is 4.10. The van der Waals surface area contributed by atoms with E-state index in [2.05, 4.69) is 22.1 Å². The van der Waals surface area contributed by atoms with E-state index in [-0.39, 0.29) is 30.3 Å². The maximum atomic E-state index is 12.6. The molecule has 1 saturated heterocycles. The standard InChI is InChI=1S/C19H24ClN3O2/c1-2-10-23-16-9-4-3-8-15(16)22-19(25)17(23)12-18(24)21-14-7-5-6-13(20)11-14/h2,5-7,11,15-17H,1,3-4,8-10,12H2,(H,21,24)(H,22,25)/t15-,16-,17-/m1/s1. The van der Waals surface area contributed by atoms with Crippen molar-refractivity contribution in [1.29, 1.82) is 0 Å². The van der Waals surface area contributed by atoms with Crippen molar-refractivity contribution < 1.29 is 9.59 Å². The van der Waals surface area contributed by atoms with Crippen LogP contribution in [0.3, 0.4) is 0 Å². The van der Waals surface area contributed by atoms with Crippen LogP contribution in [0.1, 0.15) is 32.1 Å². The van der Waals surface area contributed by atoms with Gasteiger partial charge in [-0.3, -0.25) is 14.5 Å². The second kappa shape index (κ2) is 8.02. The minimum absolute atomic E-state index is 0.0637. The van der Waals surface area contributed by atoms with Crippen molar-refractivity contribution in [2.75, 3.05) is 11.9 Å². The molecular weight excluding hydrogens is 338 g/mol. The van der Waals surface area contributed by atoms with Crippen molar-refractivity contribution in [2.45, 2.75) is 50.2 Å². The van der Waals surface area contributed by atoms with Crippen LogP contribution in [0.2, 0.25) is 5.02 Å². The van der Waals surface area contributed by atoms with Gasteiger partial charge in [-0.2, -0.15) is 0 Å². The maximum absolute atomic E-state index is 12.6. The van der Waals surface area contributed by atoms with Gasteiger partial charge in [0.05, 0.1) is 12.5 Å². The molecule has 1 aromatic rings. The number of fused-ring (bicyclic) bond motifs is 1. The molecule has 1 heterocycles. The summed E-state index contributed by atoms with van der Waals surface area (Å²) >= 11 is 5.95. The molecule has 1 aliphatic carbocycles. The zero-order valence-corrected chi connectivity index (χ0v) is 15.0. The fraction of sp³-hybridized carbons (Fsp3) is 0.474. The molecule has 134 valence electrons. The van der Waals surface area contributed by atoms with Crippen molar-refractivity contribution in [2.24, 2.45) is 0 Å². The van der Waals surface area contributed by atoms with Crippen LogP contribution >= 0.6 is 11.6 Å². The third-order valence-electron chi connectivity index (χ3n) is 5.01. The molecule has 0 bridgehead atoms. The van der Waals surface area contributed by atoms with E-state index in [1.54, 1.807) is 24.3 Å². The maximum Gasteiger partial charge on any atom is 0.238 e. The van der Waals surface area contributed by atoms with Crippen LogP contribution in [0.5, 0.6) is 0 Å². The fourth-order valence-electron chi connectivity index (χ4n) is 3.91. The van der Waals surface area contributed by atoms with E-state index in [1.807, 2.05) is 6.08 Å². The lowest BCUT2D eigenvalue weighted by Gasteiger charge is -2.47. The molecule has 3 rings (SSSR count). The molecule has 0 aromatic heterocycles. The first-order valence-corrected chi connectivity index (χ1v) is 9.18. The lowest BCUT2D eigenvalue weighted by molar-refractivity contribution is -0.137. The number of carbonyl (C=O) groups excluding carboxylic acids is 2. The van der Waals surface area contributed by atoms with E-state index in [9.17, 15) is 9.59 Å². The average Bonchev–Trinajstić information content (AvgIpc) is 2.58. The third kappa shape index (κ3) is 4.22. The zero-order valence-electron chi connectivity index (χ0n) is 14.2. The normalized spacial score (nSPS) is 26.4. The Morgan fingerprint density at radius 3 is 2.96 bits per heavy atom. The van der Waals surface area contributed by atoms with Crippen LogP contribution in [0.15, 0.2) is 36.9 Å². The quantitative estimate of drug-likeness (QED) is 0.792. The largest absolute Gasteiger partial charge is 0.350 e. The van der Waals surface area contributed by atoms with Gasteiger partial charge in [-0.15, -0.1) is 6.58 Å². The summed E-state index contributed by atoms with van der Waals surface area (Å²) in [4.78, 5) is 27.2. The molecule has 0 radical (unpaired) electrons. The molecule has 0 spiro atoms. The van der Waals surface area contributed by atoms with Gasteiger partial charge in [-0.05, 0) is 31.0 Å². The predicted molar refractivity (Wildman–Crippen MR) is 99.6 cm³/mol. The first-order valence-electron chi connectivity index (χ1n) is 8.81. The Hall–Kier alpha value is -1.85. The minimum Gasteiger partial charge on any atom is -0.350 e. The number of amides is 2. The van der Waals surface area contributed by atoms with Gasteiger partial charge in [0.2, 0.25) is 11.8 Å². The Labute approximate surface area is 153 Å². The van der Waals surface area contributed by atoms with Gasteiger partial charge in [-0.25, -0.2) is 0 Å². The van der Waals surface area contributed by atoms with E-state index in [0.29, 0.717) is 17.3 Å². The first-order chi connectivity index (χ1) is 12.1. The molecule has 2 aliphatic rings. The first kappa shape index (κ1) is 18.0. The molecule has 5 nitrogen and oxygen atoms in total. The van der Waals surface area contributed by atoms with E-state index >= 15 is 0 Å². The van der Waals surface area contributed by atoms with Crippen LogP contribution in [0, 0.1) is 0 Å². The Bertz CT molecular complexity index is 664. The Balaban J connectivity index is 1.70. The molecular formula is C19H24ClN3O2. The highest BCUT2D eigenvalue weighted by Crippen LogP contribution is 2.29. The van der Waals surface area contributed by atoms with E-state index in [4.69, 9.17) is 11.6 Å². The summed E-state index contributed by atoms with van der Waals surface area (Å²) in [6.45, 7) is 4.43. The van der Waals surface area contributed by atoms with Crippen molar-refractivity contribution in [3.8, 4) is 0 Å². The van der Waals surface area contributed by atoms with Gasteiger partial charge in [-0.1, -0.05) is 36.6 Å². The average molecular weight is 362 g/mol. The molecule has 1 saturated carbocycles. The predicted octanol–water partition coefficient (Wildman–Crippen LogP) is 2.97. The van der Waals surface area contributed by atoms with Gasteiger partial charge in [0, 0.05) is 29.3 Å². The summed E-state index contributed by atoms with van der Waals surface area (Å²) in [5, 5.41) is 6.51. The van der Waals surface area contributed by atoms with Crippen LogP contribution in [0.4, 0.5) is 5.69 Å². The number of anilines is 1. The van der Waals surface area contributed by atoms with E-state index in [0.717, 1.165) is 25.7 Å². The number of nitrogens with zero attached hydrogens (tertiary/aromatic N) is 1. The molecule has 1 aliphatic heterocycles. The molecule has 3 atom stereocenters. The second-order valence-corrected chi connectivity index (χ2v) is 7.17. The molecule has 1 aromatic carbocycles. The van der Waals surface area contributed by atoms with Crippen LogP contribution in [0.25, 0.3) is 0 Å². The number of carbonyl (C=O) groups is 2. The molecule has 0 unspecified atom stereocenters. The number of benzene rings is 1. The van der Waals surface area contributed by atoms with E-state index in [1.165, 1.54) is 0 Å². The summed E-state index contributed by atoms with van der Waals surface area (Å²) in [5.74, 6) is -0.253. The highest BCUT2D eigenvalue weighted by molar-refractivity contribution is 6.30. The SMILES string of the molecule is C=CCN1[C@H](CC(=O)Nc2cccc(Cl)c2)C(=O)N[C@@H]2CCCC[C@H]21. The lowest BCUT2D eigenvalue weighted by Crippen LogP contribution is -2.66. The number of hydrogen-bond acceptors (Lipinski definition) is 3. The number of halogens is 1. The summed E-state index contributed by atoms with van der Waals surface area (Å²) in [6.07, 6.45) is 6.29. The second-order valence-electron chi connectivity index (χ2n) is 6.73. The van der Waals surface area contributed by atoms with Gasteiger partial charge in [0.15, 0.2) is 0 Å². The number of rotatable bonds is 5. The molecule has 2 fully saturated rings. The van der Waals surface area contributed by atoms with Crippen molar-refractivity contribution in [1.82, 2.24) is 10.2 Å². The van der Waals surface area contributed by atoms with Gasteiger partial charge < -0.3 is 10.6 Å². The van der Waals surface area contributed by atoms with Gasteiger partial charge >= 0.3 is 0 Å². The zero-order chi connectivity index (χ0) is 17.8. The Morgan fingerprint density at radius 1 is 1.40 bits per heavy atom. The van der Waals surface area contributed by atoms with Gasteiger partial charge in [0.25, 0.3) is 0 Å². The van der Waals surface area contributed by atoms with Crippen LogP contribution in [-0.2, 0) is 9.59 Å². The summed E-state index contributed by atoms with van der Waals surface area (Å²) in [7, 11) is 0. The van der Waals surface area contributed by atoms with Gasteiger partial charge in [0.1, 0.15) is 0 Å². The molecule has 6 heteroatoms. The third-order valence-corrected chi connectivity index (χ3v) is 5.25. The molecule has 2 N–H and O–H groups in total. The summed E-state index contributed by atoms with van der Waals surface area (Å²) in [6, 6.07) is 7.02. The molecule has 25 heavy (non-hydrogen) atoms. The Morgan fingerprint density at radius 2 is 2.20 bits per heavy atom. The monoisotopic (exact) mass is 361 g/mol. The topological polar surface area (TPSA) is 61.4 Å². The van der Waals surface area contributed by atoms with Crippen LogP contribution in [-0.4, -0.2) is 41.4 Å². The smallest absolute Gasteiger partial charge is 0.238 e. The van der Waals surface area contributed by atoms with Crippen LogP contribution < -0.4 is 10.6 Å². The highest BCUT2D eigenvalue weighted by Gasteiger charge is 2.42. The van der Waals surface area contributed by atoms with Crippen molar-refractivity contribution in [3.63, 3.8) is 0 Å². The number of nitrogens with one attached hydrogen (secondary N) is 2. The lowest BCUT2D eigenvalue weighted by atomic mass is 9.85. The summed E-state index contributed by atoms with van der Waals surface area (Å²) in [5.41, 5.74) is 0.638. The highest BCUT2D eigenvalue weighted by atomic mass is 35.5. The summed E-state index contributed by atoms with van der Waals surface area (Å²) < 4.78 is 0. The number of hydrogen-bond donors (Lipinski definition) is 2. The molecule has 2 amide bonds. The Kier molecular flexibility index (Phi) is 5.76. The van der Waals surface area contributed by atoms with Crippen molar-refractivity contribution >= 4 is 29.1 Å². The minimum atomic E-state index is -0.462. The van der Waals surface area contributed by atoms with Crippen molar-refractivity contribution in [3.05, 3.63) is 41.9 Å².